The zero-order valence-corrected chi connectivity index (χ0v) is 11.8. The molecule has 0 fully saturated rings. The Morgan fingerprint density at radius 3 is 2.61 bits per heavy atom. The van der Waals surface area contributed by atoms with Crippen LogP contribution in [0.5, 0.6) is 0 Å². The van der Waals surface area contributed by atoms with Gasteiger partial charge < -0.3 is 11.1 Å². The maximum Gasteiger partial charge on any atom is 0.240 e. The van der Waals surface area contributed by atoms with Crippen molar-refractivity contribution in [1.82, 2.24) is 5.32 Å². The van der Waals surface area contributed by atoms with Crippen LogP contribution in [0.4, 0.5) is 0 Å². The van der Waals surface area contributed by atoms with Crippen molar-refractivity contribution in [2.45, 2.75) is 38.6 Å². The van der Waals surface area contributed by atoms with E-state index in [-0.39, 0.29) is 5.91 Å². The zero-order valence-electron chi connectivity index (χ0n) is 11.0. The van der Waals surface area contributed by atoms with E-state index in [1.54, 1.807) is 0 Å². The van der Waals surface area contributed by atoms with E-state index < -0.39 is 5.54 Å². The lowest BCUT2D eigenvalue weighted by molar-refractivity contribution is -0.126. The molecular weight excluding hydrogens is 248 g/mol. The number of halogens is 1. The first-order chi connectivity index (χ1) is 8.51. The summed E-state index contributed by atoms with van der Waals surface area (Å²) >= 11 is 5.90. The van der Waals surface area contributed by atoms with Gasteiger partial charge >= 0.3 is 0 Å². The monoisotopic (exact) mass is 268 g/mol. The molecule has 1 amide bonds. The predicted molar refractivity (Wildman–Crippen MR) is 75.7 cm³/mol. The van der Waals surface area contributed by atoms with E-state index in [0.29, 0.717) is 24.4 Å². The minimum Gasteiger partial charge on any atom is -0.354 e. The van der Waals surface area contributed by atoms with Gasteiger partial charge in [0.05, 0.1) is 5.54 Å². The number of hydrogen-bond acceptors (Lipinski definition) is 2. The molecule has 0 aliphatic heterocycles. The second kappa shape index (κ2) is 6.76. The molecular formula is C14H21ClN2O. The largest absolute Gasteiger partial charge is 0.354 e. The SMILES string of the molecule is CCC(N)(CC)C(=O)NCCc1cccc(Cl)c1. The van der Waals surface area contributed by atoms with Gasteiger partial charge in [0.25, 0.3) is 0 Å². The molecule has 3 nitrogen and oxygen atoms in total. The van der Waals surface area contributed by atoms with E-state index in [0.717, 1.165) is 12.0 Å². The zero-order chi connectivity index (χ0) is 13.6. The fourth-order valence-corrected chi connectivity index (χ4v) is 1.97. The van der Waals surface area contributed by atoms with Gasteiger partial charge in [-0.1, -0.05) is 37.6 Å². The highest BCUT2D eigenvalue weighted by atomic mass is 35.5. The molecule has 4 heteroatoms. The van der Waals surface area contributed by atoms with Crippen LogP contribution in [0.15, 0.2) is 24.3 Å². The lowest BCUT2D eigenvalue weighted by Gasteiger charge is -2.25. The summed E-state index contributed by atoms with van der Waals surface area (Å²) < 4.78 is 0. The molecule has 18 heavy (non-hydrogen) atoms. The summed E-state index contributed by atoms with van der Waals surface area (Å²) in [6.45, 7) is 4.44. The third-order valence-corrected chi connectivity index (χ3v) is 3.54. The maximum atomic E-state index is 11.9. The standard InChI is InChI=1S/C14H21ClN2O/c1-3-14(16,4-2)13(18)17-9-8-11-6-5-7-12(15)10-11/h5-7,10H,3-4,8-9,16H2,1-2H3,(H,17,18). The maximum absolute atomic E-state index is 11.9. The summed E-state index contributed by atoms with van der Waals surface area (Å²) in [4.78, 5) is 11.9. The number of carbonyl (C=O) groups is 1. The second-order valence-electron chi connectivity index (χ2n) is 4.50. The summed E-state index contributed by atoms with van der Waals surface area (Å²) in [6, 6.07) is 7.64. The van der Waals surface area contributed by atoms with Crippen LogP contribution in [0.2, 0.25) is 5.02 Å². The van der Waals surface area contributed by atoms with Gasteiger partial charge in [-0.15, -0.1) is 0 Å². The number of rotatable bonds is 6. The average Bonchev–Trinajstić information content (AvgIpc) is 2.37. The van der Waals surface area contributed by atoms with Crippen molar-refractivity contribution in [2.75, 3.05) is 6.54 Å². The summed E-state index contributed by atoms with van der Waals surface area (Å²) in [7, 11) is 0. The normalized spacial score (nSPS) is 11.3. The van der Waals surface area contributed by atoms with Gasteiger partial charge in [-0.25, -0.2) is 0 Å². The number of nitrogens with two attached hydrogens (primary N) is 1. The van der Waals surface area contributed by atoms with Crippen LogP contribution in [0.3, 0.4) is 0 Å². The summed E-state index contributed by atoms with van der Waals surface area (Å²) in [6.07, 6.45) is 2.05. The lowest BCUT2D eigenvalue weighted by Crippen LogP contribution is -2.53. The lowest BCUT2D eigenvalue weighted by atomic mass is 9.93. The number of nitrogens with one attached hydrogen (secondary N) is 1. The van der Waals surface area contributed by atoms with Crippen molar-refractivity contribution in [2.24, 2.45) is 5.73 Å². The molecule has 0 saturated carbocycles. The molecule has 0 unspecified atom stereocenters. The van der Waals surface area contributed by atoms with E-state index in [1.807, 2.05) is 38.1 Å². The fraction of sp³-hybridized carbons (Fsp3) is 0.500. The Kier molecular flexibility index (Phi) is 5.63. The van der Waals surface area contributed by atoms with Crippen molar-refractivity contribution in [3.8, 4) is 0 Å². The highest BCUT2D eigenvalue weighted by Crippen LogP contribution is 2.12. The summed E-state index contributed by atoms with van der Waals surface area (Å²) in [5, 5.41) is 3.60. The minimum absolute atomic E-state index is 0.0745. The molecule has 0 saturated heterocycles. The van der Waals surface area contributed by atoms with Gasteiger partial charge in [0.1, 0.15) is 0 Å². The molecule has 100 valence electrons. The van der Waals surface area contributed by atoms with Gasteiger partial charge in [-0.2, -0.15) is 0 Å². The first kappa shape index (κ1) is 15.0. The Hall–Kier alpha value is -1.06. The molecule has 0 heterocycles. The van der Waals surface area contributed by atoms with Crippen LogP contribution in [-0.2, 0) is 11.2 Å². The fourth-order valence-electron chi connectivity index (χ4n) is 1.76. The summed E-state index contributed by atoms with van der Waals surface area (Å²) in [5.74, 6) is -0.0745. The van der Waals surface area contributed by atoms with Crippen molar-refractivity contribution >= 4 is 17.5 Å². The Bertz CT molecular complexity index is 403. The first-order valence-corrected chi connectivity index (χ1v) is 6.71. The third-order valence-electron chi connectivity index (χ3n) is 3.30. The molecule has 3 N–H and O–H groups in total. The number of hydrogen-bond donors (Lipinski definition) is 2. The van der Waals surface area contributed by atoms with Crippen LogP contribution < -0.4 is 11.1 Å². The van der Waals surface area contributed by atoms with Crippen molar-refractivity contribution in [1.29, 1.82) is 0 Å². The molecule has 0 spiro atoms. The van der Waals surface area contributed by atoms with E-state index in [2.05, 4.69) is 5.32 Å². The minimum atomic E-state index is -0.742. The molecule has 1 aromatic rings. The van der Waals surface area contributed by atoms with Gasteiger partial charge in [0.15, 0.2) is 0 Å². The van der Waals surface area contributed by atoms with Gasteiger partial charge in [-0.05, 0) is 37.0 Å². The first-order valence-electron chi connectivity index (χ1n) is 6.33. The number of carbonyl (C=O) groups excluding carboxylic acids is 1. The highest BCUT2D eigenvalue weighted by Gasteiger charge is 2.29. The smallest absolute Gasteiger partial charge is 0.240 e. The molecule has 1 rings (SSSR count). The van der Waals surface area contributed by atoms with E-state index in [4.69, 9.17) is 17.3 Å². The van der Waals surface area contributed by atoms with Crippen LogP contribution in [-0.4, -0.2) is 18.0 Å². The van der Waals surface area contributed by atoms with Crippen LogP contribution in [0, 0.1) is 0 Å². The molecule has 0 aliphatic carbocycles. The predicted octanol–water partition coefficient (Wildman–Crippen LogP) is 2.52. The van der Waals surface area contributed by atoms with Crippen molar-refractivity contribution in [3.05, 3.63) is 34.9 Å². The molecule has 0 radical (unpaired) electrons. The molecule has 0 atom stereocenters. The van der Waals surface area contributed by atoms with Gasteiger partial charge in [-0.3, -0.25) is 4.79 Å². The van der Waals surface area contributed by atoms with E-state index in [9.17, 15) is 4.79 Å². The van der Waals surface area contributed by atoms with E-state index in [1.165, 1.54) is 0 Å². The van der Waals surface area contributed by atoms with Crippen LogP contribution in [0.1, 0.15) is 32.3 Å². The Morgan fingerprint density at radius 1 is 1.39 bits per heavy atom. The number of amides is 1. The Balaban J connectivity index is 2.45. The third kappa shape index (κ3) is 4.00. The van der Waals surface area contributed by atoms with Crippen molar-refractivity contribution < 1.29 is 4.79 Å². The molecule has 0 bridgehead atoms. The van der Waals surface area contributed by atoms with E-state index >= 15 is 0 Å². The second-order valence-corrected chi connectivity index (χ2v) is 4.94. The topological polar surface area (TPSA) is 55.1 Å². The summed E-state index contributed by atoms with van der Waals surface area (Å²) in [5.41, 5.74) is 6.38. The quantitative estimate of drug-likeness (QED) is 0.833. The van der Waals surface area contributed by atoms with Crippen molar-refractivity contribution in [3.63, 3.8) is 0 Å². The molecule has 0 aliphatic rings. The van der Waals surface area contributed by atoms with Gasteiger partial charge in [0, 0.05) is 11.6 Å². The Labute approximate surface area is 114 Å². The van der Waals surface area contributed by atoms with Crippen LogP contribution >= 0.6 is 11.6 Å². The molecule has 0 aromatic heterocycles. The van der Waals surface area contributed by atoms with Crippen LogP contribution in [0.25, 0.3) is 0 Å². The average molecular weight is 269 g/mol. The highest BCUT2D eigenvalue weighted by molar-refractivity contribution is 6.30. The molecule has 1 aromatic carbocycles. The van der Waals surface area contributed by atoms with Gasteiger partial charge in [0.2, 0.25) is 5.91 Å². The Morgan fingerprint density at radius 2 is 2.06 bits per heavy atom. The number of benzene rings is 1.